The second-order valence-electron chi connectivity index (χ2n) is 4.31. The van der Waals surface area contributed by atoms with Gasteiger partial charge >= 0.3 is 0 Å². The van der Waals surface area contributed by atoms with E-state index in [0.29, 0.717) is 17.2 Å². The molecule has 0 amide bonds. The van der Waals surface area contributed by atoms with Gasteiger partial charge in [-0.3, -0.25) is 4.79 Å². The Morgan fingerprint density at radius 1 is 1.35 bits per heavy atom. The average Bonchev–Trinajstić information content (AvgIpc) is 2.89. The van der Waals surface area contributed by atoms with Gasteiger partial charge in [-0.15, -0.1) is 0 Å². The molecule has 0 radical (unpaired) electrons. The topological polar surface area (TPSA) is 26.3 Å². The van der Waals surface area contributed by atoms with Gasteiger partial charge in [-0.1, -0.05) is 30.9 Å². The van der Waals surface area contributed by atoms with Crippen LogP contribution < -0.4 is 4.74 Å². The van der Waals surface area contributed by atoms with Gasteiger partial charge in [-0.25, -0.2) is 0 Å². The minimum Gasteiger partial charge on any atom is -0.497 e. The zero-order valence-corrected chi connectivity index (χ0v) is 10.0. The number of ether oxygens (including phenoxy) is 1. The number of rotatable bonds is 2. The maximum Gasteiger partial charge on any atom is 0.236 e. The molecule has 1 aromatic rings. The van der Waals surface area contributed by atoms with E-state index in [4.69, 9.17) is 4.74 Å². The fraction of sp³-hybridized carbons (Fsp3) is 0.400. The van der Waals surface area contributed by atoms with Gasteiger partial charge in [0.25, 0.3) is 0 Å². The van der Waals surface area contributed by atoms with Crippen LogP contribution in [0.2, 0.25) is 0 Å². The lowest BCUT2D eigenvalue weighted by atomic mass is 10.1. The molecule has 0 aromatic heterocycles. The molecule has 0 heterocycles. The van der Waals surface area contributed by atoms with Gasteiger partial charge in [0.1, 0.15) is 5.75 Å². The molecule has 1 aromatic carbocycles. The predicted molar refractivity (Wildman–Crippen MR) is 67.1 cm³/mol. The van der Waals surface area contributed by atoms with Crippen molar-refractivity contribution in [3.05, 3.63) is 29.8 Å². The third kappa shape index (κ3) is 3.10. The maximum atomic E-state index is 11.8. The van der Waals surface area contributed by atoms with Gasteiger partial charge in [-0.2, -0.15) is 0 Å². The SMILES string of the molecule is COc1cccc(C(=O)C#CC2CCCC2)c1. The summed E-state index contributed by atoms with van der Waals surface area (Å²) >= 11 is 0. The Balaban J connectivity index is 2.08. The molecule has 0 bridgehead atoms. The second kappa shape index (κ2) is 5.54. The summed E-state index contributed by atoms with van der Waals surface area (Å²) in [6.07, 6.45) is 4.76. The van der Waals surface area contributed by atoms with Crippen LogP contribution in [0.25, 0.3) is 0 Å². The Bertz CT molecular complexity index is 459. The Kier molecular flexibility index (Phi) is 3.82. The third-order valence-electron chi connectivity index (χ3n) is 3.08. The Labute approximate surface area is 102 Å². The fourth-order valence-electron chi connectivity index (χ4n) is 2.07. The summed E-state index contributed by atoms with van der Waals surface area (Å²) in [4.78, 5) is 11.8. The normalized spacial score (nSPS) is 15.1. The fourth-order valence-corrected chi connectivity index (χ4v) is 2.07. The van der Waals surface area contributed by atoms with E-state index in [-0.39, 0.29) is 5.78 Å². The van der Waals surface area contributed by atoms with E-state index >= 15 is 0 Å². The van der Waals surface area contributed by atoms with E-state index in [1.54, 1.807) is 19.2 Å². The van der Waals surface area contributed by atoms with Crippen LogP contribution in [0.3, 0.4) is 0 Å². The van der Waals surface area contributed by atoms with Crippen molar-refractivity contribution in [2.45, 2.75) is 25.7 Å². The first-order valence-corrected chi connectivity index (χ1v) is 5.99. The molecule has 1 aliphatic rings. The first kappa shape index (κ1) is 11.7. The Morgan fingerprint density at radius 2 is 2.12 bits per heavy atom. The van der Waals surface area contributed by atoms with Crippen LogP contribution in [-0.2, 0) is 0 Å². The molecular weight excluding hydrogens is 212 g/mol. The highest BCUT2D eigenvalue weighted by atomic mass is 16.5. The highest BCUT2D eigenvalue weighted by Gasteiger charge is 2.12. The zero-order chi connectivity index (χ0) is 12.1. The number of hydrogen-bond acceptors (Lipinski definition) is 2. The molecule has 0 saturated heterocycles. The summed E-state index contributed by atoms with van der Waals surface area (Å²) in [6.45, 7) is 0. The molecule has 88 valence electrons. The molecule has 17 heavy (non-hydrogen) atoms. The van der Waals surface area contributed by atoms with Gasteiger partial charge in [0, 0.05) is 11.5 Å². The minimum absolute atomic E-state index is 0.115. The maximum absolute atomic E-state index is 11.8. The number of carbonyl (C=O) groups excluding carboxylic acids is 1. The quantitative estimate of drug-likeness (QED) is 0.442. The van der Waals surface area contributed by atoms with Crippen LogP contribution in [0.4, 0.5) is 0 Å². The first-order valence-electron chi connectivity index (χ1n) is 5.99. The average molecular weight is 228 g/mol. The van der Waals surface area contributed by atoms with Crippen LogP contribution in [0, 0.1) is 17.8 Å². The molecule has 0 unspecified atom stereocenters. The largest absolute Gasteiger partial charge is 0.497 e. The highest BCUT2D eigenvalue weighted by molar-refractivity contribution is 6.09. The van der Waals surface area contributed by atoms with Crippen molar-refractivity contribution in [3.8, 4) is 17.6 Å². The molecule has 1 fully saturated rings. The lowest BCUT2D eigenvalue weighted by Gasteiger charge is -2.00. The number of benzene rings is 1. The van der Waals surface area contributed by atoms with E-state index in [1.807, 2.05) is 12.1 Å². The van der Waals surface area contributed by atoms with Crippen LogP contribution in [0.1, 0.15) is 36.0 Å². The molecule has 1 aliphatic carbocycles. The van der Waals surface area contributed by atoms with E-state index in [2.05, 4.69) is 11.8 Å². The van der Waals surface area contributed by atoms with Crippen molar-refractivity contribution < 1.29 is 9.53 Å². The van der Waals surface area contributed by atoms with Crippen molar-refractivity contribution in [1.29, 1.82) is 0 Å². The lowest BCUT2D eigenvalue weighted by molar-refractivity contribution is 0.105. The summed E-state index contributed by atoms with van der Waals surface area (Å²) in [5, 5.41) is 0. The van der Waals surface area contributed by atoms with Gasteiger partial charge in [0.05, 0.1) is 7.11 Å². The number of Topliss-reactive ketones (excluding diaryl/α,β-unsaturated/α-hetero) is 1. The van der Waals surface area contributed by atoms with E-state index in [1.165, 1.54) is 12.8 Å². The van der Waals surface area contributed by atoms with Crippen molar-refractivity contribution in [2.24, 2.45) is 5.92 Å². The van der Waals surface area contributed by atoms with Crippen LogP contribution in [0.15, 0.2) is 24.3 Å². The molecule has 1 saturated carbocycles. The number of ketones is 1. The minimum atomic E-state index is -0.115. The van der Waals surface area contributed by atoms with Crippen LogP contribution in [-0.4, -0.2) is 12.9 Å². The third-order valence-corrected chi connectivity index (χ3v) is 3.08. The van der Waals surface area contributed by atoms with Crippen molar-refractivity contribution in [2.75, 3.05) is 7.11 Å². The predicted octanol–water partition coefficient (Wildman–Crippen LogP) is 3.07. The highest BCUT2D eigenvalue weighted by Crippen LogP contribution is 2.23. The molecule has 0 N–H and O–H groups in total. The second-order valence-corrected chi connectivity index (χ2v) is 4.31. The molecule has 2 nitrogen and oxygen atoms in total. The molecule has 0 aliphatic heterocycles. The van der Waals surface area contributed by atoms with E-state index < -0.39 is 0 Å². The van der Waals surface area contributed by atoms with Crippen molar-refractivity contribution >= 4 is 5.78 Å². The number of carbonyl (C=O) groups is 1. The van der Waals surface area contributed by atoms with Gasteiger partial charge < -0.3 is 4.74 Å². The standard InChI is InChI=1S/C15H16O2/c1-17-14-8-4-7-13(11-14)15(16)10-9-12-5-2-3-6-12/h4,7-8,11-12H,2-3,5-6H2,1H3. The van der Waals surface area contributed by atoms with Crippen molar-refractivity contribution in [1.82, 2.24) is 0 Å². The zero-order valence-electron chi connectivity index (χ0n) is 10.0. The molecule has 2 rings (SSSR count). The van der Waals surface area contributed by atoms with Gasteiger partial charge in [0.2, 0.25) is 5.78 Å². The molecule has 2 heteroatoms. The van der Waals surface area contributed by atoms with Gasteiger partial charge in [-0.05, 0) is 30.9 Å². The number of methoxy groups -OCH3 is 1. The monoisotopic (exact) mass is 228 g/mol. The van der Waals surface area contributed by atoms with E-state index in [0.717, 1.165) is 12.8 Å². The van der Waals surface area contributed by atoms with Crippen LogP contribution in [0.5, 0.6) is 5.75 Å². The first-order chi connectivity index (χ1) is 8.29. The summed E-state index contributed by atoms with van der Waals surface area (Å²) in [7, 11) is 1.59. The summed E-state index contributed by atoms with van der Waals surface area (Å²) in [6, 6.07) is 7.13. The lowest BCUT2D eigenvalue weighted by Crippen LogP contribution is -1.97. The molecule has 0 atom stereocenters. The Hall–Kier alpha value is -1.75. The summed E-state index contributed by atoms with van der Waals surface area (Å²) < 4.78 is 5.08. The molecule has 0 spiro atoms. The van der Waals surface area contributed by atoms with Crippen molar-refractivity contribution in [3.63, 3.8) is 0 Å². The smallest absolute Gasteiger partial charge is 0.236 e. The van der Waals surface area contributed by atoms with E-state index in [9.17, 15) is 4.79 Å². The van der Waals surface area contributed by atoms with Crippen LogP contribution >= 0.6 is 0 Å². The Morgan fingerprint density at radius 3 is 2.82 bits per heavy atom. The number of hydrogen-bond donors (Lipinski definition) is 0. The molecular formula is C15H16O2. The van der Waals surface area contributed by atoms with Gasteiger partial charge in [0.15, 0.2) is 0 Å². The summed E-state index contributed by atoms with van der Waals surface area (Å²) in [5.41, 5.74) is 0.606. The summed E-state index contributed by atoms with van der Waals surface area (Å²) in [5.74, 6) is 6.82.